The fourth-order valence-electron chi connectivity index (χ4n) is 2.74. The molecule has 0 aliphatic rings. The summed E-state index contributed by atoms with van der Waals surface area (Å²) < 4.78 is 4.81. The number of allylic oxidation sites excluding steroid dienone is 1. The summed E-state index contributed by atoms with van der Waals surface area (Å²) in [5.74, 6) is -1.95. The van der Waals surface area contributed by atoms with Crippen molar-refractivity contribution in [1.82, 2.24) is 0 Å². The number of halogens is 1. The molecule has 3 nitrogen and oxygen atoms in total. The zero-order valence-electron chi connectivity index (χ0n) is 13.9. The lowest BCUT2D eigenvalue weighted by Crippen LogP contribution is -2.25. The highest BCUT2D eigenvalue weighted by Crippen LogP contribution is 2.35. The molecule has 0 saturated heterocycles. The predicted molar refractivity (Wildman–Crippen MR) is 99.8 cm³/mol. The first-order valence-electron chi connectivity index (χ1n) is 7.74. The number of ketones is 1. The van der Waals surface area contributed by atoms with Crippen LogP contribution in [0.3, 0.4) is 0 Å². The van der Waals surface area contributed by atoms with E-state index in [1.165, 1.54) is 7.11 Å². The SMILES string of the molecule is C=CC(C(=O)c1ccccc1)C(C(=C)C(=O)OC)c1ccc(Cl)cc1. The Labute approximate surface area is 152 Å². The first-order chi connectivity index (χ1) is 12.0. The molecule has 2 aromatic carbocycles. The predicted octanol–water partition coefficient (Wildman–Crippen LogP) is 4.84. The zero-order valence-corrected chi connectivity index (χ0v) is 14.7. The Morgan fingerprint density at radius 2 is 1.68 bits per heavy atom. The molecule has 2 atom stereocenters. The van der Waals surface area contributed by atoms with Gasteiger partial charge in [0.05, 0.1) is 13.0 Å². The summed E-state index contributed by atoms with van der Waals surface area (Å²) in [6.45, 7) is 7.66. The van der Waals surface area contributed by atoms with Crippen molar-refractivity contribution < 1.29 is 14.3 Å². The molecular formula is C21H19ClO3. The quantitative estimate of drug-likeness (QED) is 0.309. The maximum absolute atomic E-state index is 13.0. The topological polar surface area (TPSA) is 43.4 Å². The Kier molecular flexibility index (Phi) is 6.31. The van der Waals surface area contributed by atoms with Gasteiger partial charge in [0.15, 0.2) is 5.78 Å². The smallest absolute Gasteiger partial charge is 0.333 e. The van der Waals surface area contributed by atoms with Crippen molar-refractivity contribution in [3.63, 3.8) is 0 Å². The minimum atomic E-state index is -0.657. The van der Waals surface area contributed by atoms with Crippen LogP contribution in [0, 0.1) is 5.92 Å². The van der Waals surface area contributed by atoms with E-state index in [-0.39, 0.29) is 11.4 Å². The van der Waals surface area contributed by atoms with E-state index in [4.69, 9.17) is 16.3 Å². The number of ether oxygens (including phenoxy) is 1. The van der Waals surface area contributed by atoms with E-state index in [0.717, 1.165) is 5.56 Å². The van der Waals surface area contributed by atoms with E-state index in [0.29, 0.717) is 10.6 Å². The molecule has 0 heterocycles. The van der Waals surface area contributed by atoms with Crippen molar-refractivity contribution >= 4 is 23.4 Å². The van der Waals surface area contributed by atoms with Crippen LogP contribution in [-0.2, 0) is 9.53 Å². The number of hydrogen-bond donors (Lipinski definition) is 0. The number of benzene rings is 2. The van der Waals surface area contributed by atoms with Crippen molar-refractivity contribution in [3.8, 4) is 0 Å². The van der Waals surface area contributed by atoms with Crippen LogP contribution in [0.25, 0.3) is 0 Å². The Bertz CT molecular complexity index is 779. The molecule has 0 spiro atoms. The highest BCUT2D eigenvalue weighted by molar-refractivity contribution is 6.30. The van der Waals surface area contributed by atoms with E-state index in [2.05, 4.69) is 13.2 Å². The molecule has 2 unspecified atom stereocenters. The number of rotatable bonds is 7. The average molecular weight is 355 g/mol. The molecule has 128 valence electrons. The molecule has 0 aromatic heterocycles. The molecule has 0 radical (unpaired) electrons. The summed E-state index contributed by atoms with van der Waals surface area (Å²) in [5, 5.41) is 0.565. The number of esters is 1. The summed E-state index contributed by atoms with van der Waals surface area (Å²) in [5.41, 5.74) is 1.48. The number of carbonyl (C=O) groups is 2. The van der Waals surface area contributed by atoms with Gasteiger partial charge in [0.1, 0.15) is 0 Å². The lowest BCUT2D eigenvalue weighted by Gasteiger charge is -2.25. The van der Waals surface area contributed by atoms with Gasteiger partial charge in [0.2, 0.25) is 0 Å². The van der Waals surface area contributed by atoms with Gasteiger partial charge in [0, 0.05) is 22.1 Å². The Morgan fingerprint density at radius 3 is 2.20 bits per heavy atom. The third-order valence-corrected chi connectivity index (χ3v) is 4.28. The number of Topliss-reactive ketones (excluding diaryl/α,β-unsaturated/α-hetero) is 1. The Balaban J connectivity index is 2.50. The van der Waals surface area contributed by atoms with Crippen LogP contribution >= 0.6 is 11.6 Å². The van der Waals surface area contributed by atoms with Gasteiger partial charge in [-0.2, -0.15) is 0 Å². The fourth-order valence-corrected chi connectivity index (χ4v) is 2.87. The van der Waals surface area contributed by atoms with Crippen molar-refractivity contribution in [2.75, 3.05) is 7.11 Å². The van der Waals surface area contributed by atoms with E-state index in [1.54, 1.807) is 54.6 Å². The normalized spacial score (nSPS) is 12.7. The summed E-state index contributed by atoms with van der Waals surface area (Å²) in [6, 6.07) is 15.9. The Morgan fingerprint density at radius 1 is 1.08 bits per heavy atom. The van der Waals surface area contributed by atoms with Gasteiger partial charge < -0.3 is 4.74 Å². The van der Waals surface area contributed by atoms with Crippen molar-refractivity contribution in [3.05, 3.63) is 95.6 Å². The van der Waals surface area contributed by atoms with Crippen LogP contribution in [0.15, 0.2) is 79.4 Å². The van der Waals surface area contributed by atoms with E-state index in [1.807, 2.05) is 6.07 Å². The highest BCUT2D eigenvalue weighted by atomic mass is 35.5. The third kappa shape index (κ3) is 4.25. The lowest BCUT2D eigenvalue weighted by atomic mass is 9.77. The first-order valence-corrected chi connectivity index (χ1v) is 8.11. The summed E-state index contributed by atoms with van der Waals surface area (Å²) in [6.07, 6.45) is 1.54. The second-order valence-corrected chi connectivity index (χ2v) is 5.97. The van der Waals surface area contributed by atoms with Crippen LogP contribution in [0.5, 0.6) is 0 Å². The van der Waals surface area contributed by atoms with Gasteiger partial charge >= 0.3 is 5.97 Å². The Hall–Kier alpha value is -2.65. The molecule has 0 aliphatic carbocycles. The van der Waals surface area contributed by atoms with Gasteiger partial charge in [-0.05, 0) is 17.7 Å². The molecule has 2 rings (SSSR count). The molecule has 0 saturated carbocycles. The molecule has 0 N–H and O–H groups in total. The van der Waals surface area contributed by atoms with Crippen molar-refractivity contribution in [2.45, 2.75) is 5.92 Å². The van der Waals surface area contributed by atoms with Gasteiger partial charge in [-0.3, -0.25) is 4.79 Å². The van der Waals surface area contributed by atoms with Crippen LogP contribution in [0.2, 0.25) is 5.02 Å². The molecule has 0 bridgehead atoms. The maximum Gasteiger partial charge on any atom is 0.333 e. The summed E-state index contributed by atoms with van der Waals surface area (Å²) in [7, 11) is 1.29. The molecule has 4 heteroatoms. The second-order valence-electron chi connectivity index (χ2n) is 5.54. The van der Waals surface area contributed by atoms with Crippen LogP contribution in [-0.4, -0.2) is 18.9 Å². The average Bonchev–Trinajstić information content (AvgIpc) is 2.66. The molecule has 2 aromatic rings. The number of methoxy groups -OCH3 is 1. The molecule has 25 heavy (non-hydrogen) atoms. The number of carbonyl (C=O) groups excluding carboxylic acids is 2. The third-order valence-electron chi connectivity index (χ3n) is 4.03. The molecule has 0 aliphatic heterocycles. The van der Waals surface area contributed by atoms with Crippen LogP contribution in [0.1, 0.15) is 21.8 Å². The molecular weight excluding hydrogens is 336 g/mol. The molecule has 0 fully saturated rings. The standard InChI is InChI=1S/C21H19ClO3/c1-4-18(20(23)16-8-6-5-7-9-16)19(14(2)21(24)25-3)15-10-12-17(22)13-11-15/h4-13,18-19H,1-2H2,3H3. The van der Waals surface area contributed by atoms with Gasteiger partial charge in [-0.15, -0.1) is 6.58 Å². The number of hydrogen-bond acceptors (Lipinski definition) is 3. The lowest BCUT2D eigenvalue weighted by molar-refractivity contribution is -0.136. The van der Waals surface area contributed by atoms with Gasteiger partial charge in [-0.1, -0.05) is 66.7 Å². The van der Waals surface area contributed by atoms with Crippen molar-refractivity contribution in [2.24, 2.45) is 5.92 Å². The van der Waals surface area contributed by atoms with Crippen LogP contribution in [0.4, 0.5) is 0 Å². The fraction of sp³-hybridized carbons (Fsp3) is 0.143. The van der Waals surface area contributed by atoms with Crippen LogP contribution < -0.4 is 0 Å². The van der Waals surface area contributed by atoms with Crippen molar-refractivity contribution in [1.29, 1.82) is 0 Å². The van der Waals surface area contributed by atoms with Gasteiger partial charge in [-0.25, -0.2) is 4.79 Å². The van der Waals surface area contributed by atoms with Gasteiger partial charge in [0.25, 0.3) is 0 Å². The summed E-state index contributed by atoms with van der Waals surface area (Å²) >= 11 is 5.96. The second kappa shape index (κ2) is 8.45. The maximum atomic E-state index is 13.0. The van der Waals surface area contributed by atoms with E-state index >= 15 is 0 Å². The minimum Gasteiger partial charge on any atom is -0.466 e. The summed E-state index contributed by atoms with van der Waals surface area (Å²) in [4.78, 5) is 25.1. The first kappa shape index (κ1) is 18.7. The molecule has 0 amide bonds. The highest BCUT2D eigenvalue weighted by Gasteiger charge is 2.33. The zero-order chi connectivity index (χ0) is 18.4. The monoisotopic (exact) mass is 354 g/mol. The van der Waals surface area contributed by atoms with E-state index in [9.17, 15) is 9.59 Å². The minimum absolute atomic E-state index is 0.138. The van der Waals surface area contributed by atoms with E-state index < -0.39 is 17.8 Å². The largest absolute Gasteiger partial charge is 0.466 e.